The molecule has 0 nitrogen and oxygen atoms in total. The van der Waals surface area contributed by atoms with Crippen molar-refractivity contribution in [3.05, 3.63) is 0 Å². The van der Waals surface area contributed by atoms with Gasteiger partial charge in [-0.25, -0.2) is 0 Å². The number of hydrogen-bond donors (Lipinski definition) is 0. The maximum atomic E-state index is 9.82. The van der Waals surface area contributed by atoms with Crippen LogP contribution in [0.1, 0.15) is 0 Å². The molecule has 0 aromatic heterocycles. The second kappa shape index (κ2) is 8.82. The third kappa shape index (κ3) is 9.39. The minimum atomic E-state index is -2.92. The van der Waals surface area contributed by atoms with Crippen LogP contribution in [0.25, 0.3) is 0 Å². The molecular weight excluding hydrogens is 454 g/mol. The summed E-state index contributed by atoms with van der Waals surface area (Å²) in [6.45, 7) is 0. The molecule has 0 amide bonds. The SMILES string of the molecule is [Bi].[F][Pb][F]. The van der Waals surface area contributed by atoms with E-state index in [0.717, 1.165) is 0 Å². The topological polar surface area (TPSA) is 0 Å². The van der Waals surface area contributed by atoms with Crippen molar-refractivity contribution in [3.8, 4) is 0 Å². The van der Waals surface area contributed by atoms with Crippen molar-refractivity contribution in [2.45, 2.75) is 0 Å². The molecule has 0 unspecified atom stereocenters. The summed E-state index contributed by atoms with van der Waals surface area (Å²) in [7, 11) is 0. The second-order valence-electron chi connectivity index (χ2n) is 0.0714. The quantitative estimate of drug-likeness (QED) is 0.456. The van der Waals surface area contributed by atoms with E-state index in [1.54, 1.807) is 0 Å². The molecule has 0 fully saturated rings. The van der Waals surface area contributed by atoms with Gasteiger partial charge >= 0.3 is 30.5 Å². The minimum absolute atomic E-state index is 0. The average molecular weight is 454 g/mol. The number of rotatable bonds is 0. The van der Waals surface area contributed by atoms with Gasteiger partial charge in [-0.3, -0.25) is 0 Å². The summed E-state index contributed by atoms with van der Waals surface area (Å²) in [5, 5.41) is 0. The summed E-state index contributed by atoms with van der Waals surface area (Å²) in [4.78, 5) is 0. The van der Waals surface area contributed by atoms with Crippen LogP contribution < -0.4 is 0 Å². The molecule has 0 atom stereocenters. The molecule has 0 aliphatic rings. The standard InChI is InChI=1S/Bi.2FH.Pb/h;2*1H;/q;;;+2/p-2. The Morgan fingerprint density at radius 2 is 1.25 bits per heavy atom. The zero-order chi connectivity index (χ0) is 2.71. The van der Waals surface area contributed by atoms with Crippen LogP contribution >= 0.6 is 0 Å². The zero-order valence-corrected chi connectivity index (χ0v) is 9.07. The van der Waals surface area contributed by atoms with Crippen LogP contribution in [-0.2, 0) is 0 Å². The van der Waals surface area contributed by atoms with Crippen LogP contribution in [0.15, 0.2) is 0 Å². The Morgan fingerprint density at radius 1 is 1.25 bits per heavy atom. The van der Waals surface area contributed by atoms with E-state index in [4.69, 9.17) is 0 Å². The van der Waals surface area contributed by atoms with Gasteiger partial charge in [-0.05, 0) is 0 Å². The van der Waals surface area contributed by atoms with E-state index in [1.165, 1.54) is 0 Å². The van der Waals surface area contributed by atoms with Gasteiger partial charge in [0.05, 0.1) is 0 Å². The Balaban J connectivity index is 0. The van der Waals surface area contributed by atoms with Crippen LogP contribution in [0.3, 0.4) is 0 Å². The first kappa shape index (κ1) is 9.18. The van der Waals surface area contributed by atoms with Crippen molar-refractivity contribution >= 4 is 51.7 Å². The summed E-state index contributed by atoms with van der Waals surface area (Å²) >= 11 is -2.92. The number of hydrogen-bond acceptors (Lipinski definition) is 0. The molecule has 0 aromatic carbocycles. The molecule has 4 heavy (non-hydrogen) atoms. The Labute approximate surface area is 56.2 Å². The first-order valence-corrected chi connectivity index (χ1v) is 3.32. The predicted octanol–water partition coefficient (Wildman–Crippen LogP) is 0.0788. The van der Waals surface area contributed by atoms with E-state index in [9.17, 15) is 5.02 Å². The third-order valence-electron chi connectivity index (χ3n) is 0. The number of halogens is 2. The fraction of sp³-hybridized carbons (Fsp3) is 0. The fourth-order valence-corrected chi connectivity index (χ4v) is 0. The van der Waals surface area contributed by atoms with E-state index in [0.29, 0.717) is 0 Å². The van der Waals surface area contributed by atoms with E-state index in [2.05, 4.69) is 0 Å². The van der Waals surface area contributed by atoms with Gasteiger partial charge in [-0.15, -0.1) is 0 Å². The molecule has 5 radical (unpaired) electrons. The summed E-state index contributed by atoms with van der Waals surface area (Å²) < 4.78 is 19.6. The summed E-state index contributed by atoms with van der Waals surface area (Å²) in [5.74, 6) is 0. The Kier molecular flexibility index (Phi) is 20.2. The Hall–Kier alpha value is 1.67. The van der Waals surface area contributed by atoms with Gasteiger partial charge < -0.3 is 0 Å². The molecule has 0 aliphatic carbocycles. The molecule has 0 rings (SSSR count). The molecule has 4 heteroatoms. The van der Waals surface area contributed by atoms with Crippen LogP contribution in [-0.4, -0.2) is 51.7 Å². The van der Waals surface area contributed by atoms with E-state index in [1.807, 2.05) is 0 Å². The molecule has 0 saturated heterocycles. The van der Waals surface area contributed by atoms with Crippen molar-refractivity contribution in [2.24, 2.45) is 0 Å². The van der Waals surface area contributed by atoms with Crippen molar-refractivity contribution in [2.75, 3.05) is 0 Å². The normalized spacial score (nSPS) is 4.50. The molecule has 0 saturated carbocycles. The molecule has 23 valence electrons. The molecule has 0 aromatic rings. The second-order valence-corrected chi connectivity index (χ2v) is 0.627. The van der Waals surface area contributed by atoms with Gasteiger partial charge in [0, 0.05) is 26.2 Å². The van der Waals surface area contributed by atoms with Gasteiger partial charge in [0.2, 0.25) is 0 Å². The molecule has 0 N–H and O–H groups in total. The van der Waals surface area contributed by atoms with Crippen LogP contribution in [0.5, 0.6) is 0 Å². The monoisotopic (exact) mass is 455 g/mol. The fourth-order valence-electron chi connectivity index (χ4n) is 0. The average Bonchev–Trinajstić information content (AvgIpc) is 0.918. The van der Waals surface area contributed by atoms with Gasteiger partial charge in [0.15, 0.2) is 0 Å². The summed E-state index contributed by atoms with van der Waals surface area (Å²) in [6, 6.07) is 0. The van der Waals surface area contributed by atoms with E-state index in [-0.39, 0.29) is 26.2 Å². The zero-order valence-electron chi connectivity index (χ0n) is 1.70. The molecular formula is BiF2Pb. The van der Waals surface area contributed by atoms with E-state index >= 15 is 0 Å². The van der Waals surface area contributed by atoms with Crippen molar-refractivity contribution in [1.29, 1.82) is 0 Å². The first-order valence-electron chi connectivity index (χ1n) is 0.378. The van der Waals surface area contributed by atoms with E-state index < -0.39 is 25.5 Å². The van der Waals surface area contributed by atoms with Crippen LogP contribution in [0, 0.1) is 0 Å². The maximum absolute atomic E-state index is 9.82. The molecule has 0 spiro atoms. The van der Waals surface area contributed by atoms with Gasteiger partial charge in [0.1, 0.15) is 0 Å². The summed E-state index contributed by atoms with van der Waals surface area (Å²) in [6.07, 6.45) is 0. The van der Waals surface area contributed by atoms with Crippen molar-refractivity contribution in [1.82, 2.24) is 0 Å². The van der Waals surface area contributed by atoms with Gasteiger partial charge in [-0.1, -0.05) is 0 Å². The summed E-state index contributed by atoms with van der Waals surface area (Å²) in [5.41, 5.74) is 0. The van der Waals surface area contributed by atoms with Gasteiger partial charge in [-0.2, -0.15) is 0 Å². The van der Waals surface area contributed by atoms with Crippen molar-refractivity contribution in [3.63, 3.8) is 0 Å². The first-order chi connectivity index (χ1) is 1.41. The third-order valence-corrected chi connectivity index (χ3v) is 0. The molecule has 0 aliphatic heterocycles. The predicted molar refractivity (Wildman–Crippen MR) is 13.7 cm³/mol. The Bertz CT molecular complexity index is 6.00. The van der Waals surface area contributed by atoms with Crippen LogP contribution in [0.2, 0.25) is 0 Å². The molecule has 0 bridgehead atoms. The molecule has 0 heterocycles. The van der Waals surface area contributed by atoms with Crippen molar-refractivity contribution < 1.29 is 5.02 Å². The Morgan fingerprint density at radius 3 is 1.25 bits per heavy atom. The van der Waals surface area contributed by atoms with Gasteiger partial charge in [0.25, 0.3) is 0 Å². The van der Waals surface area contributed by atoms with Crippen LogP contribution in [0.4, 0.5) is 5.02 Å².